The van der Waals surface area contributed by atoms with Crippen molar-refractivity contribution in [2.75, 3.05) is 36.9 Å². The Kier molecular flexibility index (Phi) is 7.15. The van der Waals surface area contributed by atoms with Gasteiger partial charge in [-0.1, -0.05) is 26.0 Å². The van der Waals surface area contributed by atoms with Gasteiger partial charge in [0.2, 0.25) is 15.9 Å². The molecule has 2 heterocycles. The predicted molar refractivity (Wildman–Crippen MR) is 109 cm³/mol. The number of rotatable bonds is 7. The molecule has 2 N–H and O–H groups in total. The highest BCUT2D eigenvalue weighted by atomic mass is 32.2. The number of hydrogen-bond acceptors (Lipinski definition) is 6. The summed E-state index contributed by atoms with van der Waals surface area (Å²) in [7, 11) is -3.40. The number of morpholine rings is 1. The van der Waals surface area contributed by atoms with Crippen molar-refractivity contribution >= 4 is 21.6 Å². The average Bonchev–Trinajstić information content (AvgIpc) is 2.67. The zero-order chi connectivity index (χ0) is 21.0. The highest BCUT2D eigenvalue weighted by Crippen LogP contribution is 2.33. The van der Waals surface area contributed by atoms with Gasteiger partial charge in [-0.2, -0.15) is 0 Å². The molecule has 0 spiro atoms. The van der Waals surface area contributed by atoms with Crippen LogP contribution in [0.4, 0.5) is 5.69 Å². The Labute approximate surface area is 172 Å². The van der Waals surface area contributed by atoms with E-state index in [1.165, 1.54) is 0 Å². The highest BCUT2D eigenvalue weighted by Gasteiger charge is 2.41. The van der Waals surface area contributed by atoms with Crippen molar-refractivity contribution in [3.8, 4) is 0 Å². The third kappa shape index (κ3) is 5.48. The van der Waals surface area contributed by atoms with Gasteiger partial charge < -0.3 is 19.5 Å². The molecule has 3 rings (SSSR count). The van der Waals surface area contributed by atoms with Crippen LogP contribution < -0.4 is 4.72 Å². The van der Waals surface area contributed by atoms with E-state index in [0.29, 0.717) is 18.9 Å². The van der Waals surface area contributed by atoms with Crippen LogP contribution in [0.5, 0.6) is 0 Å². The molecule has 2 aliphatic rings. The molecule has 0 bridgehead atoms. The Bertz CT molecular complexity index is 790. The first-order valence-electron chi connectivity index (χ1n) is 10.0. The van der Waals surface area contributed by atoms with Crippen molar-refractivity contribution in [1.82, 2.24) is 4.90 Å². The van der Waals surface area contributed by atoms with Crippen LogP contribution >= 0.6 is 0 Å². The van der Waals surface area contributed by atoms with Crippen molar-refractivity contribution in [2.45, 2.75) is 44.9 Å². The van der Waals surface area contributed by atoms with E-state index in [4.69, 9.17) is 9.47 Å². The summed E-state index contributed by atoms with van der Waals surface area (Å²) in [6.45, 7) is 4.65. The fraction of sp³-hybridized carbons (Fsp3) is 0.650. The lowest BCUT2D eigenvalue weighted by Crippen LogP contribution is -2.57. The van der Waals surface area contributed by atoms with E-state index >= 15 is 0 Å². The van der Waals surface area contributed by atoms with Crippen LogP contribution in [0.1, 0.15) is 38.4 Å². The van der Waals surface area contributed by atoms with E-state index < -0.39 is 22.2 Å². The SMILES string of the molecule is CC(C)CS(=O)(=O)Nc1ccc(C2OCC(=O)N(C3CCOCC3)C2CO)cc1. The first-order chi connectivity index (χ1) is 13.8. The minimum absolute atomic E-state index is 0.0291. The summed E-state index contributed by atoms with van der Waals surface area (Å²) < 4.78 is 38.0. The zero-order valence-electron chi connectivity index (χ0n) is 16.9. The molecule has 0 aromatic heterocycles. The second-order valence-electron chi connectivity index (χ2n) is 8.03. The molecule has 162 valence electrons. The topological polar surface area (TPSA) is 105 Å². The molecule has 0 saturated carbocycles. The molecule has 2 unspecified atom stereocenters. The molecule has 2 atom stereocenters. The quantitative estimate of drug-likeness (QED) is 0.685. The van der Waals surface area contributed by atoms with E-state index in [2.05, 4.69) is 4.72 Å². The standard InChI is InChI=1S/C20H30N2O6S/c1-14(2)13-29(25,26)21-16-5-3-15(4-6-16)20-18(11-23)22(19(24)12-28-20)17-7-9-27-10-8-17/h3-6,14,17-18,20-21,23H,7-13H2,1-2H3. The molecule has 1 amide bonds. The molecular weight excluding hydrogens is 396 g/mol. The van der Waals surface area contributed by atoms with Crippen LogP contribution in [0.15, 0.2) is 24.3 Å². The number of nitrogens with zero attached hydrogens (tertiary/aromatic N) is 1. The van der Waals surface area contributed by atoms with Crippen LogP contribution in [-0.4, -0.2) is 68.6 Å². The molecule has 29 heavy (non-hydrogen) atoms. The Morgan fingerprint density at radius 1 is 1.21 bits per heavy atom. The average molecular weight is 427 g/mol. The third-order valence-electron chi connectivity index (χ3n) is 5.22. The van der Waals surface area contributed by atoms with Crippen molar-refractivity contribution in [3.05, 3.63) is 29.8 Å². The molecule has 8 nitrogen and oxygen atoms in total. The maximum absolute atomic E-state index is 12.5. The maximum atomic E-state index is 12.5. The summed E-state index contributed by atoms with van der Waals surface area (Å²) >= 11 is 0. The Balaban J connectivity index is 1.75. The van der Waals surface area contributed by atoms with Gasteiger partial charge in [0, 0.05) is 24.9 Å². The van der Waals surface area contributed by atoms with Crippen molar-refractivity contribution in [3.63, 3.8) is 0 Å². The van der Waals surface area contributed by atoms with Crippen LogP contribution in [0.25, 0.3) is 0 Å². The number of hydrogen-bond donors (Lipinski definition) is 2. The predicted octanol–water partition coefficient (Wildman–Crippen LogP) is 1.52. The van der Waals surface area contributed by atoms with Gasteiger partial charge in [0.05, 0.1) is 18.4 Å². The smallest absolute Gasteiger partial charge is 0.249 e. The summed E-state index contributed by atoms with van der Waals surface area (Å²) in [5.41, 5.74) is 1.27. The first kappa shape index (κ1) is 22.0. The first-order valence-corrected chi connectivity index (χ1v) is 11.7. The van der Waals surface area contributed by atoms with E-state index in [9.17, 15) is 18.3 Å². The summed E-state index contributed by atoms with van der Waals surface area (Å²) in [6.07, 6.45) is 1.01. The van der Waals surface area contributed by atoms with Crippen LogP contribution in [0.2, 0.25) is 0 Å². The summed E-state index contributed by atoms with van der Waals surface area (Å²) in [4.78, 5) is 14.3. The van der Waals surface area contributed by atoms with Crippen molar-refractivity contribution in [1.29, 1.82) is 0 Å². The van der Waals surface area contributed by atoms with Crippen LogP contribution in [-0.2, 0) is 24.3 Å². The highest BCUT2D eigenvalue weighted by molar-refractivity contribution is 7.92. The zero-order valence-corrected chi connectivity index (χ0v) is 17.7. The maximum Gasteiger partial charge on any atom is 0.249 e. The number of carbonyl (C=O) groups is 1. The number of ether oxygens (including phenoxy) is 2. The van der Waals surface area contributed by atoms with Crippen molar-refractivity contribution < 1.29 is 27.8 Å². The largest absolute Gasteiger partial charge is 0.394 e. The summed E-state index contributed by atoms with van der Waals surface area (Å²) in [6, 6.07) is 6.46. The number of carbonyl (C=O) groups excluding carboxylic acids is 1. The summed E-state index contributed by atoms with van der Waals surface area (Å²) in [5.74, 6) is -0.0402. The number of anilines is 1. The van der Waals surface area contributed by atoms with Crippen molar-refractivity contribution in [2.24, 2.45) is 5.92 Å². The van der Waals surface area contributed by atoms with Gasteiger partial charge in [-0.3, -0.25) is 9.52 Å². The second-order valence-corrected chi connectivity index (χ2v) is 9.79. The van der Waals surface area contributed by atoms with E-state index in [1.807, 2.05) is 13.8 Å². The fourth-order valence-corrected chi connectivity index (χ4v) is 5.47. The Morgan fingerprint density at radius 3 is 2.45 bits per heavy atom. The molecule has 1 aromatic carbocycles. The lowest BCUT2D eigenvalue weighted by Gasteiger charge is -2.45. The van der Waals surface area contributed by atoms with Crippen LogP contribution in [0, 0.1) is 5.92 Å². The number of aliphatic hydroxyl groups is 1. The summed E-state index contributed by atoms with van der Waals surface area (Å²) in [5, 5.41) is 10.0. The normalized spacial score (nSPS) is 24.1. The molecular formula is C20H30N2O6S. The molecule has 0 aliphatic carbocycles. The number of aliphatic hydroxyl groups excluding tert-OH is 1. The van der Waals surface area contributed by atoms with Gasteiger partial charge in [-0.05, 0) is 36.5 Å². The molecule has 2 fully saturated rings. The van der Waals surface area contributed by atoms with Gasteiger partial charge in [-0.15, -0.1) is 0 Å². The molecule has 0 radical (unpaired) electrons. The molecule has 2 aliphatic heterocycles. The molecule has 2 saturated heterocycles. The van der Waals surface area contributed by atoms with E-state index in [-0.39, 0.29) is 36.8 Å². The fourth-order valence-electron chi connectivity index (χ4n) is 4.02. The Hall–Kier alpha value is -1.68. The van der Waals surface area contributed by atoms with E-state index in [0.717, 1.165) is 18.4 Å². The van der Waals surface area contributed by atoms with E-state index in [1.54, 1.807) is 29.2 Å². The minimum Gasteiger partial charge on any atom is -0.394 e. The van der Waals surface area contributed by atoms with Gasteiger partial charge >= 0.3 is 0 Å². The van der Waals surface area contributed by atoms with Gasteiger partial charge in [0.15, 0.2) is 0 Å². The lowest BCUT2D eigenvalue weighted by atomic mass is 9.95. The third-order valence-corrected chi connectivity index (χ3v) is 6.87. The van der Waals surface area contributed by atoms with Gasteiger partial charge in [-0.25, -0.2) is 8.42 Å². The van der Waals surface area contributed by atoms with Gasteiger partial charge in [0.1, 0.15) is 12.7 Å². The monoisotopic (exact) mass is 426 g/mol. The lowest BCUT2D eigenvalue weighted by molar-refractivity contribution is -0.168. The number of sulfonamides is 1. The minimum atomic E-state index is -3.40. The number of nitrogens with one attached hydrogen (secondary N) is 1. The van der Waals surface area contributed by atoms with Crippen LogP contribution in [0.3, 0.4) is 0 Å². The number of benzene rings is 1. The van der Waals surface area contributed by atoms with Gasteiger partial charge in [0.25, 0.3) is 0 Å². The molecule has 1 aromatic rings. The number of amides is 1. The Morgan fingerprint density at radius 2 is 1.86 bits per heavy atom. The second kappa shape index (κ2) is 9.42. The molecule has 9 heteroatoms.